The molecule has 0 heterocycles. The average molecular weight is 639 g/mol. The van der Waals surface area contributed by atoms with Crippen molar-refractivity contribution in [1.29, 1.82) is 0 Å². The molecule has 0 aromatic heterocycles. The molecular formula is C44H78O2. The maximum Gasteiger partial charge on any atom is 0.306 e. The molecule has 0 amide bonds. The molecule has 0 bridgehead atoms. The Morgan fingerprint density at radius 1 is 0.761 bits per heavy atom. The normalized spacial score (nSPS) is 32.8. The molecule has 4 aliphatic carbocycles. The van der Waals surface area contributed by atoms with Crippen molar-refractivity contribution in [3.8, 4) is 0 Å². The number of carbonyl (C=O) groups excluding carboxylic acids is 1. The minimum absolute atomic E-state index is 0.0646. The standard InChI is InChI=1S/C44H78O2/c1-7-8-9-10-11-12-13-14-15-16-17-18-19-20-24-42(45)46-37-29-31-43(5)36(33-37)25-26-38-40-28-27-39(35(4)23-21-22-34(2)3)44(40,6)32-30-41(38)43/h25,34-35,37-41H,7-24,26-33H2,1-6H3/t35-,37+,38-,39+,40-,41-,43+,44-/m1/s1. The highest BCUT2D eigenvalue weighted by atomic mass is 16.5. The van der Waals surface area contributed by atoms with Crippen molar-refractivity contribution in [3.05, 3.63) is 11.6 Å². The highest BCUT2D eigenvalue weighted by Crippen LogP contribution is 2.67. The zero-order valence-electron chi connectivity index (χ0n) is 31.8. The number of ether oxygens (including phenoxy) is 1. The Balaban J connectivity index is 1.12. The molecule has 4 aliphatic rings. The first-order valence-corrected chi connectivity index (χ1v) is 21.1. The van der Waals surface area contributed by atoms with Gasteiger partial charge in [-0.3, -0.25) is 4.79 Å². The second kappa shape index (κ2) is 18.8. The summed E-state index contributed by atoms with van der Waals surface area (Å²) in [6.45, 7) is 15.0. The maximum absolute atomic E-state index is 12.8. The Labute approximate surface area is 287 Å². The van der Waals surface area contributed by atoms with Gasteiger partial charge in [-0.1, -0.05) is 156 Å². The Bertz CT molecular complexity index is 919. The van der Waals surface area contributed by atoms with Gasteiger partial charge in [-0.2, -0.15) is 0 Å². The number of carbonyl (C=O) groups is 1. The van der Waals surface area contributed by atoms with E-state index in [-0.39, 0.29) is 12.1 Å². The molecule has 46 heavy (non-hydrogen) atoms. The van der Waals surface area contributed by atoms with Gasteiger partial charge in [-0.15, -0.1) is 0 Å². The lowest BCUT2D eigenvalue weighted by Gasteiger charge is -2.58. The van der Waals surface area contributed by atoms with Crippen molar-refractivity contribution in [2.45, 2.75) is 215 Å². The average Bonchev–Trinajstić information content (AvgIpc) is 3.38. The lowest BCUT2D eigenvalue weighted by Crippen LogP contribution is -2.51. The minimum Gasteiger partial charge on any atom is -0.462 e. The molecule has 0 unspecified atom stereocenters. The molecule has 0 spiro atoms. The fourth-order valence-corrected chi connectivity index (χ4v) is 11.5. The predicted octanol–water partition coefficient (Wildman–Crippen LogP) is 13.8. The zero-order chi connectivity index (χ0) is 33.0. The van der Waals surface area contributed by atoms with Crippen LogP contribution in [0.1, 0.15) is 208 Å². The van der Waals surface area contributed by atoms with Crippen LogP contribution in [-0.4, -0.2) is 12.1 Å². The molecule has 266 valence electrons. The van der Waals surface area contributed by atoms with Gasteiger partial charge >= 0.3 is 5.97 Å². The van der Waals surface area contributed by atoms with Crippen LogP contribution in [0.25, 0.3) is 0 Å². The summed E-state index contributed by atoms with van der Waals surface area (Å²) in [5.74, 6) is 5.34. The Hall–Kier alpha value is -0.790. The third-order valence-electron chi connectivity index (χ3n) is 14.3. The summed E-state index contributed by atoms with van der Waals surface area (Å²) in [6, 6.07) is 0. The minimum atomic E-state index is 0.0646. The van der Waals surface area contributed by atoms with Crippen LogP contribution in [0.2, 0.25) is 0 Å². The second-order valence-corrected chi connectivity index (χ2v) is 18.0. The van der Waals surface area contributed by atoms with Crippen molar-refractivity contribution in [2.75, 3.05) is 0 Å². The Kier molecular flexibility index (Phi) is 15.6. The van der Waals surface area contributed by atoms with Gasteiger partial charge in [0.05, 0.1) is 0 Å². The first-order valence-electron chi connectivity index (χ1n) is 21.1. The third-order valence-corrected chi connectivity index (χ3v) is 14.3. The third kappa shape index (κ3) is 10.1. The van der Waals surface area contributed by atoms with E-state index in [4.69, 9.17) is 4.74 Å². The van der Waals surface area contributed by atoms with E-state index in [9.17, 15) is 4.79 Å². The predicted molar refractivity (Wildman–Crippen MR) is 198 cm³/mol. The van der Waals surface area contributed by atoms with Gasteiger partial charge in [0.1, 0.15) is 6.10 Å². The van der Waals surface area contributed by atoms with Crippen LogP contribution in [0.4, 0.5) is 0 Å². The van der Waals surface area contributed by atoms with E-state index >= 15 is 0 Å². The number of allylic oxidation sites excluding steroid dienone is 1. The van der Waals surface area contributed by atoms with E-state index in [0.29, 0.717) is 17.3 Å². The van der Waals surface area contributed by atoms with Gasteiger partial charge in [0.25, 0.3) is 0 Å². The molecule has 3 fully saturated rings. The lowest BCUT2D eigenvalue weighted by molar-refractivity contribution is -0.151. The van der Waals surface area contributed by atoms with Crippen molar-refractivity contribution in [2.24, 2.45) is 46.3 Å². The molecule has 2 heteroatoms. The van der Waals surface area contributed by atoms with Crippen molar-refractivity contribution in [3.63, 3.8) is 0 Å². The molecule has 3 saturated carbocycles. The van der Waals surface area contributed by atoms with Crippen LogP contribution in [0.5, 0.6) is 0 Å². The van der Waals surface area contributed by atoms with Gasteiger partial charge in [0.15, 0.2) is 0 Å². The second-order valence-electron chi connectivity index (χ2n) is 18.0. The van der Waals surface area contributed by atoms with E-state index in [1.807, 2.05) is 0 Å². The molecular weight excluding hydrogens is 560 g/mol. The summed E-state index contributed by atoms with van der Waals surface area (Å²) in [5, 5.41) is 0. The highest BCUT2D eigenvalue weighted by molar-refractivity contribution is 5.69. The number of rotatable bonds is 21. The van der Waals surface area contributed by atoms with Crippen molar-refractivity contribution < 1.29 is 9.53 Å². The van der Waals surface area contributed by atoms with Gasteiger partial charge in [-0.25, -0.2) is 0 Å². The largest absolute Gasteiger partial charge is 0.462 e. The number of hydrogen-bond donors (Lipinski definition) is 0. The van der Waals surface area contributed by atoms with Crippen LogP contribution in [0.15, 0.2) is 11.6 Å². The topological polar surface area (TPSA) is 26.3 Å². The van der Waals surface area contributed by atoms with Crippen molar-refractivity contribution >= 4 is 5.97 Å². The lowest BCUT2D eigenvalue weighted by atomic mass is 9.47. The SMILES string of the molecule is CCCCCCCCCCCCCCCCC(=O)O[C@H]1CC[C@@]2(C)C(=CC[C@@H]3[C@H]4CC[C@@H]([C@H](C)CCCC(C)C)[C@@]4(C)CC[C@H]32)C1. The summed E-state index contributed by atoms with van der Waals surface area (Å²) < 4.78 is 6.13. The van der Waals surface area contributed by atoms with E-state index in [1.54, 1.807) is 5.57 Å². The summed E-state index contributed by atoms with van der Waals surface area (Å²) in [5.41, 5.74) is 2.54. The van der Waals surface area contributed by atoms with Gasteiger partial charge in [-0.05, 0) is 97.7 Å². The quantitative estimate of drug-likeness (QED) is 0.0710. The Morgan fingerprint density at radius 3 is 2.02 bits per heavy atom. The first-order chi connectivity index (χ1) is 22.2. The first kappa shape index (κ1) is 38.0. The number of hydrogen-bond acceptors (Lipinski definition) is 2. The van der Waals surface area contributed by atoms with Gasteiger partial charge < -0.3 is 4.74 Å². The van der Waals surface area contributed by atoms with E-state index in [1.165, 1.54) is 141 Å². The van der Waals surface area contributed by atoms with E-state index in [2.05, 4.69) is 47.6 Å². The van der Waals surface area contributed by atoms with Gasteiger partial charge in [0, 0.05) is 12.8 Å². The van der Waals surface area contributed by atoms with Crippen LogP contribution >= 0.6 is 0 Å². The summed E-state index contributed by atoms with van der Waals surface area (Å²) >= 11 is 0. The molecule has 0 aliphatic heterocycles. The fourth-order valence-electron chi connectivity index (χ4n) is 11.5. The molecule has 2 nitrogen and oxygen atoms in total. The maximum atomic E-state index is 12.8. The fraction of sp³-hybridized carbons (Fsp3) is 0.932. The molecule has 0 N–H and O–H groups in total. The number of fused-ring (bicyclic) bond motifs is 5. The summed E-state index contributed by atoms with van der Waals surface area (Å²) in [4.78, 5) is 12.8. The molecule has 0 aromatic rings. The number of esters is 1. The molecule has 0 saturated heterocycles. The van der Waals surface area contributed by atoms with Crippen LogP contribution in [0, 0.1) is 46.3 Å². The summed E-state index contributed by atoms with van der Waals surface area (Å²) in [6.07, 6.45) is 36.9. The van der Waals surface area contributed by atoms with Gasteiger partial charge in [0.2, 0.25) is 0 Å². The van der Waals surface area contributed by atoms with Crippen LogP contribution in [0.3, 0.4) is 0 Å². The molecule has 8 atom stereocenters. The molecule has 0 radical (unpaired) electrons. The van der Waals surface area contributed by atoms with Crippen LogP contribution in [-0.2, 0) is 9.53 Å². The highest BCUT2D eigenvalue weighted by Gasteiger charge is 2.59. The van der Waals surface area contributed by atoms with E-state index in [0.717, 1.165) is 54.8 Å². The smallest absolute Gasteiger partial charge is 0.306 e. The molecule has 0 aromatic carbocycles. The Morgan fingerprint density at radius 2 is 1.39 bits per heavy atom. The zero-order valence-corrected chi connectivity index (χ0v) is 31.8. The van der Waals surface area contributed by atoms with E-state index < -0.39 is 0 Å². The summed E-state index contributed by atoms with van der Waals surface area (Å²) in [7, 11) is 0. The van der Waals surface area contributed by atoms with Crippen molar-refractivity contribution in [1.82, 2.24) is 0 Å². The monoisotopic (exact) mass is 639 g/mol. The molecule has 4 rings (SSSR count). The number of unbranched alkanes of at least 4 members (excludes halogenated alkanes) is 13. The van der Waals surface area contributed by atoms with Crippen LogP contribution < -0.4 is 0 Å².